The summed E-state index contributed by atoms with van der Waals surface area (Å²) in [6.45, 7) is 2.53. The molecule has 0 spiro atoms. The monoisotopic (exact) mass is 369 g/mol. The molecular weight excluding hydrogens is 346 g/mol. The first-order chi connectivity index (χ1) is 13.1. The highest BCUT2D eigenvalue weighted by Crippen LogP contribution is 2.29. The smallest absolute Gasteiger partial charge is 0.290 e. The predicted octanol–water partition coefficient (Wildman–Crippen LogP) is 1.40. The SMILES string of the molecule is C[C@H](O)C1=CN(C[C@H]2C[C@H](NC(=O)c3cc(-c4ccccc4)no3)C2)NN1. The molecule has 8 nitrogen and oxygen atoms in total. The van der Waals surface area contributed by atoms with Gasteiger partial charge in [-0.15, -0.1) is 5.53 Å². The van der Waals surface area contributed by atoms with Crippen LogP contribution in [0.4, 0.5) is 0 Å². The lowest BCUT2D eigenvalue weighted by Gasteiger charge is -2.37. The van der Waals surface area contributed by atoms with Crippen molar-refractivity contribution in [3.05, 3.63) is 54.1 Å². The number of aliphatic hydroxyl groups is 1. The van der Waals surface area contributed by atoms with Crippen molar-refractivity contribution in [3.63, 3.8) is 0 Å². The maximum absolute atomic E-state index is 12.3. The fourth-order valence-electron chi connectivity index (χ4n) is 3.34. The molecule has 4 rings (SSSR count). The second-order valence-corrected chi connectivity index (χ2v) is 7.10. The zero-order chi connectivity index (χ0) is 18.8. The van der Waals surface area contributed by atoms with Gasteiger partial charge in [-0.05, 0) is 25.7 Å². The van der Waals surface area contributed by atoms with Gasteiger partial charge in [-0.3, -0.25) is 9.80 Å². The number of aliphatic hydroxyl groups excluding tert-OH is 1. The van der Waals surface area contributed by atoms with Crippen molar-refractivity contribution in [1.82, 2.24) is 26.4 Å². The normalized spacial score (nSPS) is 22.6. The van der Waals surface area contributed by atoms with Gasteiger partial charge in [0.25, 0.3) is 5.91 Å². The van der Waals surface area contributed by atoms with Gasteiger partial charge in [0, 0.05) is 30.4 Å². The molecule has 1 saturated carbocycles. The van der Waals surface area contributed by atoms with Gasteiger partial charge in [0.2, 0.25) is 5.76 Å². The lowest BCUT2D eigenvalue weighted by molar-refractivity contribution is 0.0823. The Bertz CT molecular complexity index is 827. The lowest BCUT2D eigenvalue weighted by Crippen LogP contribution is -2.49. The minimum atomic E-state index is -0.529. The van der Waals surface area contributed by atoms with Crippen LogP contribution in [-0.4, -0.2) is 39.9 Å². The van der Waals surface area contributed by atoms with E-state index >= 15 is 0 Å². The third-order valence-corrected chi connectivity index (χ3v) is 4.92. The molecule has 1 atom stereocenters. The van der Waals surface area contributed by atoms with Crippen LogP contribution in [0.3, 0.4) is 0 Å². The van der Waals surface area contributed by atoms with E-state index < -0.39 is 6.10 Å². The van der Waals surface area contributed by atoms with E-state index in [0.29, 0.717) is 11.6 Å². The van der Waals surface area contributed by atoms with Gasteiger partial charge in [-0.2, -0.15) is 0 Å². The van der Waals surface area contributed by atoms with Crippen LogP contribution in [0.1, 0.15) is 30.3 Å². The molecule has 1 aromatic carbocycles. The van der Waals surface area contributed by atoms with Crippen LogP contribution >= 0.6 is 0 Å². The summed E-state index contributed by atoms with van der Waals surface area (Å²) in [5.41, 5.74) is 8.26. The van der Waals surface area contributed by atoms with Crippen molar-refractivity contribution in [2.75, 3.05) is 6.54 Å². The molecule has 1 aliphatic heterocycles. The Labute approximate surface area is 157 Å². The molecule has 142 valence electrons. The zero-order valence-electron chi connectivity index (χ0n) is 15.1. The summed E-state index contributed by atoms with van der Waals surface area (Å²) in [6, 6.07) is 11.4. The van der Waals surface area contributed by atoms with Crippen LogP contribution < -0.4 is 16.3 Å². The second kappa shape index (κ2) is 7.42. The molecule has 2 heterocycles. The molecule has 0 bridgehead atoms. The van der Waals surface area contributed by atoms with Crippen LogP contribution in [-0.2, 0) is 0 Å². The number of aromatic nitrogens is 1. The Morgan fingerprint density at radius 1 is 1.41 bits per heavy atom. The first kappa shape index (κ1) is 17.6. The summed E-state index contributed by atoms with van der Waals surface area (Å²) in [6.07, 6.45) is 3.15. The minimum absolute atomic E-state index is 0.142. The molecule has 0 unspecified atom stereocenters. The summed E-state index contributed by atoms with van der Waals surface area (Å²) in [4.78, 5) is 12.3. The zero-order valence-corrected chi connectivity index (χ0v) is 15.1. The van der Waals surface area contributed by atoms with E-state index in [0.717, 1.165) is 30.6 Å². The van der Waals surface area contributed by atoms with Crippen molar-refractivity contribution in [3.8, 4) is 11.3 Å². The first-order valence-electron chi connectivity index (χ1n) is 9.09. The molecule has 0 radical (unpaired) electrons. The number of hydrogen-bond acceptors (Lipinski definition) is 7. The van der Waals surface area contributed by atoms with Crippen LogP contribution in [0.2, 0.25) is 0 Å². The number of carbonyl (C=O) groups excluding carboxylic acids is 1. The Morgan fingerprint density at radius 3 is 2.89 bits per heavy atom. The number of nitrogens with one attached hydrogen (secondary N) is 3. The summed E-state index contributed by atoms with van der Waals surface area (Å²) in [7, 11) is 0. The molecule has 1 fully saturated rings. The average molecular weight is 369 g/mol. The quantitative estimate of drug-likeness (QED) is 0.610. The number of hydrazine groups is 2. The van der Waals surface area contributed by atoms with E-state index in [1.54, 1.807) is 13.0 Å². The van der Waals surface area contributed by atoms with Gasteiger partial charge in [0.1, 0.15) is 5.69 Å². The highest BCUT2D eigenvalue weighted by atomic mass is 16.5. The summed E-state index contributed by atoms with van der Waals surface area (Å²) < 4.78 is 5.20. The second-order valence-electron chi connectivity index (χ2n) is 7.10. The van der Waals surface area contributed by atoms with E-state index in [1.807, 2.05) is 41.5 Å². The average Bonchev–Trinajstić information content (AvgIpc) is 3.30. The maximum atomic E-state index is 12.3. The van der Waals surface area contributed by atoms with Crippen molar-refractivity contribution in [2.45, 2.75) is 31.9 Å². The van der Waals surface area contributed by atoms with Crippen molar-refractivity contribution < 1.29 is 14.4 Å². The van der Waals surface area contributed by atoms with Gasteiger partial charge < -0.3 is 20.4 Å². The summed E-state index contributed by atoms with van der Waals surface area (Å²) >= 11 is 0. The number of rotatable bonds is 6. The van der Waals surface area contributed by atoms with E-state index in [2.05, 4.69) is 21.4 Å². The van der Waals surface area contributed by atoms with E-state index in [1.165, 1.54) is 0 Å². The molecule has 1 aliphatic carbocycles. The molecule has 2 aliphatic rings. The van der Waals surface area contributed by atoms with Crippen LogP contribution in [0.15, 0.2) is 52.8 Å². The van der Waals surface area contributed by atoms with Crippen molar-refractivity contribution in [2.24, 2.45) is 5.92 Å². The van der Waals surface area contributed by atoms with Crippen LogP contribution in [0.5, 0.6) is 0 Å². The Hall–Kier alpha value is -2.84. The van der Waals surface area contributed by atoms with Gasteiger partial charge >= 0.3 is 0 Å². The van der Waals surface area contributed by atoms with Gasteiger partial charge in [0.05, 0.1) is 11.8 Å². The van der Waals surface area contributed by atoms with E-state index in [-0.39, 0.29) is 17.7 Å². The fourth-order valence-corrected chi connectivity index (χ4v) is 3.34. The van der Waals surface area contributed by atoms with E-state index in [4.69, 9.17) is 4.52 Å². The molecule has 8 heteroatoms. The topological polar surface area (TPSA) is 103 Å². The van der Waals surface area contributed by atoms with Crippen molar-refractivity contribution in [1.29, 1.82) is 0 Å². The number of hydrogen-bond donors (Lipinski definition) is 4. The van der Waals surface area contributed by atoms with Crippen LogP contribution in [0.25, 0.3) is 11.3 Å². The Kier molecular flexibility index (Phi) is 4.83. The van der Waals surface area contributed by atoms with Gasteiger partial charge in [-0.25, -0.2) is 0 Å². The maximum Gasteiger partial charge on any atom is 0.290 e. The highest BCUT2D eigenvalue weighted by Gasteiger charge is 2.33. The molecule has 27 heavy (non-hydrogen) atoms. The molecule has 2 aromatic rings. The number of amides is 1. The third kappa shape index (κ3) is 3.96. The molecule has 0 saturated heterocycles. The Balaban J connectivity index is 1.25. The fraction of sp³-hybridized carbons (Fsp3) is 0.368. The third-order valence-electron chi connectivity index (χ3n) is 4.92. The van der Waals surface area contributed by atoms with Crippen molar-refractivity contribution >= 4 is 5.91 Å². The highest BCUT2D eigenvalue weighted by molar-refractivity contribution is 5.92. The predicted molar refractivity (Wildman–Crippen MR) is 98.7 cm³/mol. The van der Waals surface area contributed by atoms with Gasteiger partial charge in [0.15, 0.2) is 0 Å². The first-order valence-corrected chi connectivity index (χ1v) is 9.09. The number of nitrogens with zero attached hydrogens (tertiary/aromatic N) is 2. The molecular formula is C19H23N5O3. The summed E-state index contributed by atoms with van der Waals surface area (Å²) in [5, 5.41) is 18.4. The molecule has 1 amide bonds. The molecule has 4 N–H and O–H groups in total. The number of carbonyl (C=O) groups is 1. The number of benzene rings is 1. The minimum Gasteiger partial charge on any atom is -0.387 e. The van der Waals surface area contributed by atoms with Gasteiger partial charge in [-0.1, -0.05) is 35.5 Å². The van der Waals surface area contributed by atoms with Crippen LogP contribution in [0, 0.1) is 5.92 Å². The largest absolute Gasteiger partial charge is 0.387 e. The molecule has 1 aromatic heterocycles. The summed E-state index contributed by atoms with van der Waals surface area (Å²) in [5.74, 6) is 0.474. The van der Waals surface area contributed by atoms with E-state index in [9.17, 15) is 9.90 Å². The standard InChI is InChI=1S/C19H23N5O3/c1-12(25)17-11-24(23-21-17)10-13-7-15(8-13)20-19(26)18-9-16(22-27-18)14-5-3-2-4-6-14/h2-6,9,11-13,15,21,23,25H,7-8,10H2,1H3,(H,20,26)/t12-,13-,15-/m0/s1. The lowest BCUT2D eigenvalue weighted by atomic mass is 9.80. The Morgan fingerprint density at radius 2 is 2.19 bits per heavy atom.